The van der Waals surface area contributed by atoms with Crippen molar-refractivity contribution in [1.82, 2.24) is 0 Å². The number of benzene rings is 1. The highest BCUT2D eigenvalue weighted by atomic mass is 16.5. The van der Waals surface area contributed by atoms with Crippen LogP contribution in [0.25, 0.3) is 0 Å². The van der Waals surface area contributed by atoms with Crippen molar-refractivity contribution in [3.05, 3.63) is 46.6 Å². The predicted octanol–water partition coefficient (Wildman–Crippen LogP) is 2.17. The number of carbonyl (C=O) groups is 2. The van der Waals surface area contributed by atoms with E-state index in [2.05, 4.69) is 0 Å². The van der Waals surface area contributed by atoms with E-state index < -0.39 is 11.9 Å². The predicted molar refractivity (Wildman–Crippen MR) is 92.5 cm³/mol. The molecular formula is C19H21NO6. The van der Waals surface area contributed by atoms with Crippen LogP contribution in [0.4, 0.5) is 0 Å². The molecule has 0 unspecified atom stereocenters. The second-order valence-electron chi connectivity index (χ2n) is 6.03. The summed E-state index contributed by atoms with van der Waals surface area (Å²) in [5.74, 6) is 0.120. The first-order chi connectivity index (χ1) is 12.5. The van der Waals surface area contributed by atoms with Crippen LogP contribution in [-0.4, -0.2) is 33.1 Å². The molecule has 0 saturated carbocycles. The second-order valence-corrected chi connectivity index (χ2v) is 6.03. The Morgan fingerprint density at radius 2 is 1.96 bits per heavy atom. The normalized spacial score (nSPS) is 19.7. The highest BCUT2D eigenvalue weighted by molar-refractivity contribution is 6.03. The van der Waals surface area contributed by atoms with E-state index in [-0.39, 0.29) is 17.2 Å². The van der Waals surface area contributed by atoms with Crippen molar-refractivity contribution in [2.24, 2.45) is 5.73 Å². The van der Waals surface area contributed by atoms with Crippen molar-refractivity contribution in [3.8, 4) is 11.5 Å². The van der Waals surface area contributed by atoms with E-state index in [1.165, 1.54) is 14.2 Å². The molecule has 138 valence electrons. The number of allylic oxidation sites excluding steroid dienone is 2. The largest absolute Gasteiger partial charge is 0.497 e. The van der Waals surface area contributed by atoms with Crippen molar-refractivity contribution in [2.75, 3.05) is 21.3 Å². The fourth-order valence-electron chi connectivity index (χ4n) is 3.43. The molecule has 1 aliphatic carbocycles. The minimum Gasteiger partial charge on any atom is -0.497 e. The van der Waals surface area contributed by atoms with Crippen LogP contribution < -0.4 is 15.2 Å². The maximum atomic E-state index is 12.7. The molecule has 0 fully saturated rings. The number of hydrogen-bond donors (Lipinski definition) is 1. The molecule has 26 heavy (non-hydrogen) atoms. The summed E-state index contributed by atoms with van der Waals surface area (Å²) in [6, 6.07) is 5.20. The van der Waals surface area contributed by atoms with Gasteiger partial charge in [-0.2, -0.15) is 0 Å². The third kappa shape index (κ3) is 2.89. The molecule has 1 aromatic rings. The topological polar surface area (TPSA) is 97.1 Å². The minimum atomic E-state index is -0.708. The van der Waals surface area contributed by atoms with Gasteiger partial charge in [-0.1, -0.05) is 6.07 Å². The lowest BCUT2D eigenvalue weighted by Crippen LogP contribution is -2.31. The van der Waals surface area contributed by atoms with E-state index in [0.717, 1.165) is 0 Å². The van der Waals surface area contributed by atoms with Gasteiger partial charge in [0.05, 0.1) is 27.2 Å². The number of esters is 1. The lowest BCUT2D eigenvalue weighted by atomic mass is 9.77. The third-order valence-corrected chi connectivity index (χ3v) is 4.64. The van der Waals surface area contributed by atoms with E-state index >= 15 is 0 Å². The van der Waals surface area contributed by atoms with Gasteiger partial charge in [-0.05, 0) is 12.5 Å². The average molecular weight is 359 g/mol. The van der Waals surface area contributed by atoms with Crippen molar-refractivity contribution < 1.29 is 28.5 Å². The van der Waals surface area contributed by atoms with Gasteiger partial charge < -0.3 is 24.7 Å². The Morgan fingerprint density at radius 1 is 1.19 bits per heavy atom. The van der Waals surface area contributed by atoms with E-state index in [1.54, 1.807) is 25.3 Å². The Morgan fingerprint density at radius 3 is 2.62 bits per heavy atom. The first kappa shape index (κ1) is 17.8. The summed E-state index contributed by atoms with van der Waals surface area (Å²) in [7, 11) is 4.32. The van der Waals surface area contributed by atoms with Crippen molar-refractivity contribution in [2.45, 2.75) is 25.2 Å². The van der Waals surface area contributed by atoms with Gasteiger partial charge >= 0.3 is 5.97 Å². The molecule has 0 aromatic heterocycles. The van der Waals surface area contributed by atoms with Crippen LogP contribution in [-0.2, 0) is 19.1 Å². The highest BCUT2D eigenvalue weighted by Gasteiger charge is 2.42. The minimum absolute atomic E-state index is 0.0480. The van der Waals surface area contributed by atoms with Crippen LogP contribution in [0, 0.1) is 0 Å². The lowest BCUT2D eigenvalue weighted by Gasteiger charge is -2.32. The fourth-order valence-corrected chi connectivity index (χ4v) is 3.43. The van der Waals surface area contributed by atoms with Crippen LogP contribution in [0.5, 0.6) is 11.5 Å². The number of rotatable bonds is 4. The van der Waals surface area contributed by atoms with Crippen molar-refractivity contribution >= 4 is 11.8 Å². The van der Waals surface area contributed by atoms with E-state index in [0.29, 0.717) is 47.7 Å². The monoisotopic (exact) mass is 359 g/mol. The zero-order valence-corrected chi connectivity index (χ0v) is 15.0. The molecule has 2 N–H and O–H groups in total. The van der Waals surface area contributed by atoms with Crippen LogP contribution in [0.1, 0.15) is 30.7 Å². The van der Waals surface area contributed by atoms with Crippen LogP contribution in [0.2, 0.25) is 0 Å². The van der Waals surface area contributed by atoms with Gasteiger partial charge in [0.2, 0.25) is 5.88 Å². The molecule has 1 heterocycles. The number of methoxy groups -OCH3 is 3. The summed E-state index contributed by atoms with van der Waals surface area (Å²) >= 11 is 0. The standard InChI is InChI=1S/C19H21NO6/c1-23-10-7-8-11(14(9-10)24-2)15-16-12(21)5-4-6-13(16)26-18(20)17(15)19(22)25-3/h7-9,15H,4-6,20H2,1-3H3/t15-/m1/s1. The van der Waals surface area contributed by atoms with Crippen LogP contribution >= 0.6 is 0 Å². The van der Waals surface area contributed by atoms with Gasteiger partial charge in [-0.15, -0.1) is 0 Å². The first-order valence-electron chi connectivity index (χ1n) is 8.25. The summed E-state index contributed by atoms with van der Waals surface area (Å²) in [6.07, 6.45) is 1.67. The summed E-state index contributed by atoms with van der Waals surface area (Å²) in [5.41, 5.74) is 7.20. The third-order valence-electron chi connectivity index (χ3n) is 4.64. The van der Waals surface area contributed by atoms with Gasteiger partial charge in [0, 0.05) is 30.0 Å². The summed E-state index contributed by atoms with van der Waals surface area (Å²) in [6.45, 7) is 0. The molecule has 0 amide bonds. The van der Waals surface area contributed by atoms with Gasteiger partial charge in [-0.25, -0.2) is 4.79 Å². The highest BCUT2D eigenvalue weighted by Crippen LogP contribution is 2.47. The van der Waals surface area contributed by atoms with Gasteiger partial charge in [0.25, 0.3) is 0 Å². The molecule has 1 atom stereocenters. The number of ether oxygens (including phenoxy) is 4. The zero-order valence-electron chi connectivity index (χ0n) is 15.0. The van der Waals surface area contributed by atoms with Gasteiger partial charge in [-0.3, -0.25) is 4.79 Å². The van der Waals surface area contributed by atoms with Crippen LogP contribution in [0.15, 0.2) is 41.0 Å². The molecule has 1 aliphatic heterocycles. The maximum absolute atomic E-state index is 12.7. The van der Waals surface area contributed by atoms with E-state index in [1.807, 2.05) is 0 Å². The van der Waals surface area contributed by atoms with Gasteiger partial charge in [0.1, 0.15) is 22.8 Å². The Balaban J connectivity index is 2.24. The summed E-state index contributed by atoms with van der Waals surface area (Å²) < 4.78 is 21.2. The maximum Gasteiger partial charge on any atom is 0.340 e. The summed E-state index contributed by atoms with van der Waals surface area (Å²) in [4.78, 5) is 25.1. The molecule has 0 spiro atoms. The molecule has 1 aromatic carbocycles. The fraction of sp³-hybridized carbons (Fsp3) is 0.368. The molecule has 7 heteroatoms. The molecule has 3 rings (SSSR count). The Kier molecular flexibility index (Phi) is 4.88. The first-order valence-corrected chi connectivity index (χ1v) is 8.25. The summed E-state index contributed by atoms with van der Waals surface area (Å²) in [5, 5.41) is 0. The van der Waals surface area contributed by atoms with Crippen LogP contribution in [0.3, 0.4) is 0 Å². The number of Topliss-reactive ketones (excluding diaryl/α,β-unsaturated/α-hetero) is 1. The Labute approximate surface area is 151 Å². The Bertz CT molecular complexity index is 823. The molecule has 0 radical (unpaired) electrons. The number of nitrogens with two attached hydrogens (primary N) is 1. The number of ketones is 1. The molecular weight excluding hydrogens is 338 g/mol. The number of carbonyl (C=O) groups excluding carboxylic acids is 2. The van der Waals surface area contributed by atoms with E-state index in [4.69, 9.17) is 24.7 Å². The smallest absolute Gasteiger partial charge is 0.340 e. The molecule has 0 saturated heterocycles. The van der Waals surface area contributed by atoms with Gasteiger partial charge in [0.15, 0.2) is 5.78 Å². The zero-order chi connectivity index (χ0) is 18.8. The molecule has 7 nitrogen and oxygen atoms in total. The van der Waals surface area contributed by atoms with Crippen molar-refractivity contribution in [1.29, 1.82) is 0 Å². The molecule has 2 aliphatic rings. The SMILES string of the molecule is COC(=O)C1=C(N)OC2=C(C(=O)CCC2)[C@H]1c1ccc(OC)cc1OC. The molecule has 0 bridgehead atoms. The van der Waals surface area contributed by atoms with E-state index in [9.17, 15) is 9.59 Å². The average Bonchev–Trinajstić information content (AvgIpc) is 2.66. The number of hydrogen-bond acceptors (Lipinski definition) is 7. The Hall–Kier alpha value is -2.96. The van der Waals surface area contributed by atoms with Crippen molar-refractivity contribution in [3.63, 3.8) is 0 Å². The second kappa shape index (κ2) is 7.11. The lowest BCUT2D eigenvalue weighted by molar-refractivity contribution is -0.136. The quantitative estimate of drug-likeness (QED) is 0.823.